The van der Waals surface area contributed by atoms with Gasteiger partial charge in [-0.25, -0.2) is 13.1 Å². The fraction of sp³-hybridized carbons (Fsp3) is 0.476. The summed E-state index contributed by atoms with van der Waals surface area (Å²) in [6.45, 7) is 11.4. The Bertz CT molecular complexity index is 898. The smallest absolute Gasteiger partial charge is 0.287 e. The van der Waals surface area contributed by atoms with Gasteiger partial charge in [-0.05, 0) is 51.6 Å². The number of sulfonamides is 1. The molecule has 0 aliphatic carbocycles. The number of nitrogens with one attached hydrogen (secondary N) is 2. The maximum atomic E-state index is 12.6. The van der Waals surface area contributed by atoms with E-state index in [4.69, 9.17) is 4.42 Å². The van der Waals surface area contributed by atoms with Gasteiger partial charge in [-0.15, -0.1) is 0 Å². The lowest BCUT2D eigenvalue weighted by molar-refractivity contribution is 0.0902. The number of rotatable bonds is 9. The Morgan fingerprint density at radius 1 is 1.07 bits per heavy atom. The van der Waals surface area contributed by atoms with Crippen molar-refractivity contribution in [2.45, 2.75) is 51.3 Å². The Kier molecular flexibility index (Phi) is 7.62. The third-order valence-corrected chi connectivity index (χ3v) is 6.03. The molecule has 0 aliphatic rings. The van der Waals surface area contributed by atoms with Crippen LogP contribution < -0.4 is 10.0 Å². The van der Waals surface area contributed by atoms with E-state index in [0.717, 1.165) is 18.7 Å². The molecule has 0 aliphatic heterocycles. The zero-order chi connectivity index (χ0) is 21.7. The highest BCUT2D eigenvalue weighted by molar-refractivity contribution is 7.89. The van der Waals surface area contributed by atoms with E-state index in [1.807, 2.05) is 30.3 Å². The van der Waals surface area contributed by atoms with Crippen molar-refractivity contribution < 1.29 is 17.6 Å². The second kappa shape index (κ2) is 9.56. The lowest BCUT2D eigenvalue weighted by Crippen LogP contribution is -2.40. The van der Waals surface area contributed by atoms with Gasteiger partial charge in [0.1, 0.15) is 0 Å². The fourth-order valence-electron chi connectivity index (χ4n) is 3.11. The third kappa shape index (κ3) is 6.42. The van der Waals surface area contributed by atoms with Crippen molar-refractivity contribution in [2.24, 2.45) is 0 Å². The maximum Gasteiger partial charge on any atom is 0.287 e. The number of furan rings is 1. The molecule has 2 rings (SSSR count). The molecule has 8 heteroatoms. The number of nitrogens with zero attached hydrogens (tertiary/aromatic N) is 1. The standard InChI is InChI=1S/C21H31N3O4S/c1-6-24(7-2)17(16-11-9-8-10-12-16)15-22-20(25)18-13-14-19(28-18)29(26,27)23-21(3,4)5/h8-14,17,23H,6-7,15H2,1-5H3,(H,22,25). The average Bonchev–Trinajstić information content (AvgIpc) is 3.15. The highest BCUT2D eigenvalue weighted by Gasteiger charge is 2.26. The van der Waals surface area contributed by atoms with Gasteiger partial charge in [0, 0.05) is 12.1 Å². The van der Waals surface area contributed by atoms with Crippen molar-refractivity contribution in [3.05, 3.63) is 53.8 Å². The largest absolute Gasteiger partial charge is 0.438 e. The van der Waals surface area contributed by atoms with Gasteiger partial charge in [-0.2, -0.15) is 0 Å². The van der Waals surface area contributed by atoms with Crippen LogP contribution in [-0.4, -0.2) is 44.4 Å². The van der Waals surface area contributed by atoms with E-state index in [9.17, 15) is 13.2 Å². The topological polar surface area (TPSA) is 91.7 Å². The summed E-state index contributed by atoms with van der Waals surface area (Å²) >= 11 is 0. The molecule has 1 aromatic heterocycles. The normalized spacial score (nSPS) is 13.4. The van der Waals surface area contributed by atoms with Crippen LogP contribution in [0.3, 0.4) is 0 Å². The molecule has 1 amide bonds. The van der Waals surface area contributed by atoms with Gasteiger partial charge in [0.15, 0.2) is 5.76 Å². The summed E-state index contributed by atoms with van der Waals surface area (Å²) < 4.78 is 32.6. The molecule has 29 heavy (non-hydrogen) atoms. The van der Waals surface area contributed by atoms with E-state index in [1.165, 1.54) is 12.1 Å². The van der Waals surface area contributed by atoms with Crippen LogP contribution in [0.15, 0.2) is 52.0 Å². The van der Waals surface area contributed by atoms with Crippen molar-refractivity contribution in [2.75, 3.05) is 19.6 Å². The lowest BCUT2D eigenvalue weighted by Gasteiger charge is -2.30. The molecule has 2 aromatic rings. The molecule has 0 bridgehead atoms. The molecule has 2 N–H and O–H groups in total. The molecule has 0 saturated heterocycles. The van der Waals surface area contributed by atoms with Crippen LogP contribution in [0.25, 0.3) is 0 Å². The van der Waals surface area contributed by atoms with Gasteiger partial charge >= 0.3 is 0 Å². The SMILES string of the molecule is CCN(CC)C(CNC(=O)c1ccc(S(=O)(=O)NC(C)(C)C)o1)c1ccccc1. The predicted molar refractivity (Wildman–Crippen MR) is 113 cm³/mol. The Balaban J connectivity index is 2.12. The summed E-state index contributed by atoms with van der Waals surface area (Å²) in [7, 11) is -3.83. The van der Waals surface area contributed by atoms with Gasteiger partial charge in [0.25, 0.3) is 15.9 Å². The summed E-state index contributed by atoms with van der Waals surface area (Å²) in [6, 6.07) is 12.6. The number of carbonyl (C=O) groups is 1. The van der Waals surface area contributed by atoms with E-state index in [-0.39, 0.29) is 16.9 Å². The first kappa shape index (κ1) is 23.1. The number of hydrogen-bond donors (Lipinski definition) is 2. The second-order valence-corrected chi connectivity index (χ2v) is 9.45. The number of benzene rings is 1. The van der Waals surface area contributed by atoms with Gasteiger partial charge in [0.05, 0.1) is 6.04 Å². The van der Waals surface area contributed by atoms with Crippen LogP contribution in [0.4, 0.5) is 0 Å². The van der Waals surface area contributed by atoms with E-state index in [2.05, 4.69) is 28.8 Å². The number of likely N-dealkylation sites (N-methyl/N-ethyl adjacent to an activating group) is 1. The van der Waals surface area contributed by atoms with Crippen molar-refractivity contribution in [3.8, 4) is 0 Å². The summed E-state index contributed by atoms with van der Waals surface area (Å²) in [6.07, 6.45) is 0. The Hall–Kier alpha value is -2.16. The van der Waals surface area contributed by atoms with Crippen molar-refractivity contribution >= 4 is 15.9 Å². The maximum absolute atomic E-state index is 12.6. The third-order valence-electron chi connectivity index (χ3n) is 4.40. The molecule has 1 unspecified atom stereocenters. The van der Waals surface area contributed by atoms with Crippen LogP contribution in [0.2, 0.25) is 0 Å². The number of amides is 1. The summed E-state index contributed by atoms with van der Waals surface area (Å²) in [5.41, 5.74) is 0.453. The molecule has 7 nitrogen and oxygen atoms in total. The van der Waals surface area contributed by atoms with E-state index < -0.39 is 21.5 Å². The zero-order valence-corrected chi connectivity index (χ0v) is 18.5. The van der Waals surface area contributed by atoms with Crippen LogP contribution >= 0.6 is 0 Å². The number of carbonyl (C=O) groups excluding carboxylic acids is 1. The van der Waals surface area contributed by atoms with Gasteiger partial charge in [-0.1, -0.05) is 44.2 Å². The summed E-state index contributed by atoms with van der Waals surface area (Å²) in [5, 5.41) is 2.59. The second-order valence-electron chi connectivity index (χ2n) is 7.83. The lowest BCUT2D eigenvalue weighted by atomic mass is 10.1. The van der Waals surface area contributed by atoms with Crippen molar-refractivity contribution in [1.82, 2.24) is 14.9 Å². The first-order chi connectivity index (χ1) is 13.6. The van der Waals surface area contributed by atoms with Gasteiger partial charge < -0.3 is 9.73 Å². The first-order valence-electron chi connectivity index (χ1n) is 9.78. The predicted octanol–water partition coefficient (Wildman–Crippen LogP) is 3.17. The Labute approximate surface area is 173 Å². The average molecular weight is 422 g/mol. The monoisotopic (exact) mass is 421 g/mol. The highest BCUT2D eigenvalue weighted by atomic mass is 32.2. The zero-order valence-electron chi connectivity index (χ0n) is 17.7. The fourth-order valence-corrected chi connectivity index (χ4v) is 4.47. The number of hydrogen-bond acceptors (Lipinski definition) is 5. The Morgan fingerprint density at radius 2 is 1.69 bits per heavy atom. The molecule has 0 spiro atoms. The molecule has 0 saturated carbocycles. The molecule has 0 radical (unpaired) electrons. The summed E-state index contributed by atoms with van der Waals surface area (Å²) in [4.78, 5) is 14.8. The molecular formula is C21H31N3O4S. The van der Waals surface area contributed by atoms with Crippen LogP contribution in [-0.2, 0) is 10.0 Å². The van der Waals surface area contributed by atoms with Crippen LogP contribution in [0, 0.1) is 0 Å². The molecule has 0 fully saturated rings. The minimum absolute atomic E-state index is 0.0101. The molecule has 1 aromatic carbocycles. The van der Waals surface area contributed by atoms with Crippen molar-refractivity contribution in [1.29, 1.82) is 0 Å². The van der Waals surface area contributed by atoms with Crippen molar-refractivity contribution in [3.63, 3.8) is 0 Å². The van der Waals surface area contributed by atoms with E-state index >= 15 is 0 Å². The van der Waals surface area contributed by atoms with E-state index in [1.54, 1.807) is 20.8 Å². The quantitative estimate of drug-likeness (QED) is 0.649. The summed E-state index contributed by atoms with van der Waals surface area (Å²) in [5.74, 6) is -0.485. The molecular weight excluding hydrogens is 390 g/mol. The minimum atomic E-state index is -3.83. The van der Waals surface area contributed by atoms with Crippen LogP contribution in [0.5, 0.6) is 0 Å². The van der Waals surface area contributed by atoms with Gasteiger partial charge in [0.2, 0.25) is 5.09 Å². The molecule has 1 atom stereocenters. The Morgan fingerprint density at radius 3 is 2.24 bits per heavy atom. The van der Waals surface area contributed by atoms with E-state index in [0.29, 0.717) is 6.54 Å². The first-order valence-corrected chi connectivity index (χ1v) is 11.3. The molecule has 1 heterocycles. The van der Waals surface area contributed by atoms with Crippen LogP contribution in [0.1, 0.15) is 56.8 Å². The van der Waals surface area contributed by atoms with Gasteiger partial charge in [-0.3, -0.25) is 9.69 Å². The molecule has 160 valence electrons. The highest BCUT2D eigenvalue weighted by Crippen LogP contribution is 2.20. The minimum Gasteiger partial charge on any atom is -0.438 e.